The normalized spacial score (nSPS) is 34.5. The molecule has 0 aromatic carbocycles. The maximum atomic E-state index is 13.2. The number of ether oxygens (including phenoxy) is 4. The van der Waals surface area contributed by atoms with Gasteiger partial charge in [-0.2, -0.15) is 0 Å². The van der Waals surface area contributed by atoms with Crippen molar-refractivity contribution < 1.29 is 68.8 Å². The number of nitrogens with zero attached hydrogens (tertiary/aromatic N) is 2. The van der Waals surface area contributed by atoms with E-state index in [2.05, 4.69) is 25.9 Å². The number of hydrogen-bond acceptors (Lipinski definition) is 20. The van der Waals surface area contributed by atoms with E-state index in [1.807, 2.05) is 0 Å². The molecule has 2 saturated heterocycles. The summed E-state index contributed by atoms with van der Waals surface area (Å²) in [6.07, 6.45) is -18.3. The molecule has 28 heteroatoms. The van der Waals surface area contributed by atoms with Crippen molar-refractivity contribution in [2.75, 3.05) is 26.2 Å². The van der Waals surface area contributed by atoms with Crippen molar-refractivity contribution in [3.63, 3.8) is 0 Å². The number of primary amides is 1. The number of aliphatic hydroxyl groups excluding tert-OH is 6. The lowest BCUT2D eigenvalue weighted by atomic mass is 9.84. The van der Waals surface area contributed by atoms with Crippen LogP contribution in [0.15, 0.2) is 9.98 Å². The molecule has 1 aliphatic carbocycles. The molecule has 3 rings (SSSR count). The molecule has 28 nitrogen and oxygen atoms in total. The topological polar surface area (TPSA) is 522 Å². The van der Waals surface area contributed by atoms with E-state index in [1.165, 1.54) is 0 Å². The molecule has 0 aromatic rings. The van der Waals surface area contributed by atoms with Gasteiger partial charge in [-0.15, -0.1) is 0 Å². The summed E-state index contributed by atoms with van der Waals surface area (Å²) in [5, 5.41) is 71.4. The van der Waals surface area contributed by atoms with Crippen LogP contribution in [-0.4, -0.2) is 196 Å². The second kappa shape index (κ2) is 24.6. The Morgan fingerprint density at radius 3 is 1.69 bits per heavy atom. The summed E-state index contributed by atoms with van der Waals surface area (Å²) in [4.78, 5) is 58.8. The van der Waals surface area contributed by atoms with E-state index >= 15 is 0 Å². The van der Waals surface area contributed by atoms with Crippen molar-refractivity contribution in [2.24, 2.45) is 61.6 Å². The lowest BCUT2D eigenvalue weighted by Gasteiger charge is -2.48. The third kappa shape index (κ3) is 15.0. The van der Waals surface area contributed by atoms with Crippen molar-refractivity contribution >= 4 is 35.5 Å². The van der Waals surface area contributed by atoms with Crippen molar-refractivity contribution in [1.82, 2.24) is 16.0 Å². The summed E-state index contributed by atoms with van der Waals surface area (Å²) in [5.74, 6) is -3.29. The first-order valence-corrected chi connectivity index (χ1v) is 20.1. The average molecular weight is 895 g/mol. The van der Waals surface area contributed by atoms with Gasteiger partial charge in [0.1, 0.15) is 67.0 Å². The Kier molecular flexibility index (Phi) is 20.7. The Hall–Kier alpha value is -4.14. The molecule has 17 atom stereocenters. The zero-order valence-corrected chi connectivity index (χ0v) is 34.1. The molecule has 1 saturated carbocycles. The van der Waals surface area contributed by atoms with Crippen LogP contribution in [0, 0.1) is 0 Å². The average Bonchev–Trinajstić information content (AvgIpc) is 3.21. The van der Waals surface area contributed by atoms with Crippen LogP contribution in [0.25, 0.3) is 0 Å². The van der Waals surface area contributed by atoms with Gasteiger partial charge in [0, 0.05) is 51.1 Å². The highest BCUT2D eigenvalue weighted by Crippen LogP contribution is 2.31. The summed E-state index contributed by atoms with van der Waals surface area (Å²) < 4.78 is 23.0. The highest BCUT2D eigenvalue weighted by molar-refractivity contribution is 5.92. The van der Waals surface area contributed by atoms with E-state index in [0.717, 1.165) is 0 Å². The highest BCUT2D eigenvalue weighted by Gasteiger charge is 2.51. The van der Waals surface area contributed by atoms with Gasteiger partial charge >= 0.3 is 0 Å². The molecule has 0 spiro atoms. The standard InChI is InChI=1S/C34H66N14O14/c35-10-16-22(52)24(54)25(55)32(59-16)62-28-13(37)9-12(36)27(26(28)56)61-31-23(53)20(38)21(51)17(60-31)11-46-18(49)5-6-19(50)47-15(4-2-8-45-34(42)43)30(58)48-14(29(39)57)3-1-7-44-33(40)41/h12-17,20-28,31-32,51-56H,1-11,35-38H2,(H2,39,57)(H,46,49)(H,47,50)(H,48,58)(H4,40,41,44)(H4,42,43,45)/t12-,13+,14+,15+,16-,17-,20+,21-,22-,23-,24+,25-,26-,27+,28-,31-,32-/m1/s1. The van der Waals surface area contributed by atoms with Crippen LogP contribution in [0.1, 0.15) is 44.9 Å². The number of nitrogens with two attached hydrogens (primary N) is 9. The molecule has 0 aromatic heterocycles. The van der Waals surface area contributed by atoms with Gasteiger partial charge in [-0.25, -0.2) is 0 Å². The smallest absolute Gasteiger partial charge is 0.243 e. The molecule has 0 bridgehead atoms. The van der Waals surface area contributed by atoms with Crippen LogP contribution in [0.2, 0.25) is 0 Å². The van der Waals surface area contributed by atoms with Crippen LogP contribution in [0.3, 0.4) is 0 Å². The van der Waals surface area contributed by atoms with E-state index in [1.54, 1.807) is 0 Å². The van der Waals surface area contributed by atoms with Crippen LogP contribution in [0.4, 0.5) is 0 Å². The third-order valence-electron chi connectivity index (χ3n) is 10.6. The van der Waals surface area contributed by atoms with E-state index in [4.69, 9.17) is 70.6 Å². The van der Waals surface area contributed by atoms with Gasteiger partial charge in [0.15, 0.2) is 24.5 Å². The summed E-state index contributed by atoms with van der Waals surface area (Å²) in [6.45, 7) is -0.336. The minimum atomic E-state index is -1.76. The minimum absolute atomic E-state index is 0.0235. The number of guanidine groups is 2. The molecule has 4 amide bonds. The molecular weight excluding hydrogens is 828 g/mol. The Balaban J connectivity index is 1.58. The largest absolute Gasteiger partial charge is 0.389 e. The lowest BCUT2D eigenvalue weighted by Crippen LogP contribution is -2.68. The molecule has 2 heterocycles. The molecule has 3 aliphatic rings. The van der Waals surface area contributed by atoms with Crippen molar-refractivity contribution in [2.45, 2.75) is 149 Å². The number of nitrogens with one attached hydrogen (secondary N) is 3. The van der Waals surface area contributed by atoms with E-state index < -0.39 is 147 Å². The van der Waals surface area contributed by atoms with Gasteiger partial charge in [0.05, 0.1) is 12.1 Å². The molecule has 27 N–H and O–H groups in total. The van der Waals surface area contributed by atoms with Crippen LogP contribution >= 0.6 is 0 Å². The fraction of sp³-hybridized carbons (Fsp3) is 0.824. The van der Waals surface area contributed by atoms with Gasteiger partial charge in [-0.05, 0) is 32.1 Å². The fourth-order valence-electron chi connectivity index (χ4n) is 7.05. The maximum Gasteiger partial charge on any atom is 0.243 e. The number of hydrogen-bond donors (Lipinski definition) is 18. The zero-order chi connectivity index (χ0) is 46.4. The van der Waals surface area contributed by atoms with Crippen LogP contribution < -0.4 is 67.6 Å². The van der Waals surface area contributed by atoms with Crippen molar-refractivity contribution in [3.8, 4) is 0 Å². The summed E-state index contributed by atoms with van der Waals surface area (Å²) in [7, 11) is 0. The fourth-order valence-corrected chi connectivity index (χ4v) is 7.05. The molecule has 62 heavy (non-hydrogen) atoms. The Labute approximate surface area is 356 Å². The quantitative estimate of drug-likeness (QED) is 0.0272. The molecule has 0 unspecified atom stereocenters. The van der Waals surface area contributed by atoms with E-state index in [9.17, 15) is 49.8 Å². The molecule has 2 aliphatic heterocycles. The van der Waals surface area contributed by atoms with Crippen molar-refractivity contribution in [3.05, 3.63) is 0 Å². The first kappa shape index (κ1) is 52.2. The summed E-state index contributed by atoms with van der Waals surface area (Å²) in [6, 6.07) is -5.60. The predicted molar refractivity (Wildman–Crippen MR) is 216 cm³/mol. The van der Waals surface area contributed by atoms with Gasteiger partial charge in [-0.1, -0.05) is 0 Å². The number of carbonyl (C=O) groups excluding carboxylic acids is 4. The van der Waals surface area contributed by atoms with Crippen LogP contribution in [0.5, 0.6) is 0 Å². The Bertz CT molecular complexity index is 1530. The molecule has 3 fully saturated rings. The van der Waals surface area contributed by atoms with Crippen molar-refractivity contribution in [1.29, 1.82) is 0 Å². The maximum absolute atomic E-state index is 13.2. The van der Waals surface area contributed by atoms with E-state index in [-0.39, 0.29) is 57.2 Å². The first-order chi connectivity index (χ1) is 29.2. The Morgan fingerprint density at radius 1 is 0.645 bits per heavy atom. The van der Waals surface area contributed by atoms with Gasteiger partial charge in [-0.3, -0.25) is 29.2 Å². The van der Waals surface area contributed by atoms with E-state index in [0.29, 0.717) is 6.42 Å². The predicted octanol–water partition coefficient (Wildman–Crippen LogP) is -10.8. The van der Waals surface area contributed by atoms with Gasteiger partial charge in [0.2, 0.25) is 23.6 Å². The number of amides is 4. The third-order valence-corrected chi connectivity index (χ3v) is 10.6. The number of aliphatic hydroxyl groups is 6. The minimum Gasteiger partial charge on any atom is -0.389 e. The molecular formula is C34H66N14O14. The number of rotatable bonds is 22. The second-order valence-electron chi connectivity index (χ2n) is 15.4. The number of carbonyl (C=O) groups is 4. The molecule has 356 valence electrons. The second-order valence-corrected chi connectivity index (χ2v) is 15.4. The summed E-state index contributed by atoms with van der Waals surface area (Å²) in [5.41, 5.74) is 51.0. The SMILES string of the molecule is NC[C@H]1O[C@H](O[C@H]2[C@H](O)[C@@H](O[C@H]3O[C@H](CNC(=O)CCC(=O)N[C@@H](CCCN=C(N)N)C(=O)N[C@@H](CCCN=C(N)N)C(N)=O)[C@@H](O)[C@H](N)[C@H]3O)[C@H](N)C[C@@H]2N)[C@H](O)[C@@H](O)[C@@H]1O. The summed E-state index contributed by atoms with van der Waals surface area (Å²) >= 11 is 0. The molecule has 0 radical (unpaired) electrons. The van der Waals surface area contributed by atoms with Gasteiger partial charge < -0.3 is 117 Å². The highest BCUT2D eigenvalue weighted by atomic mass is 16.7. The van der Waals surface area contributed by atoms with Crippen LogP contribution in [-0.2, 0) is 38.1 Å². The lowest BCUT2D eigenvalue weighted by molar-refractivity contribution is -0.330. The monoisotopic (exact) mass is 894 g/mol. The zero-order valence-electron chi connectivity index (χ0n) is 34.1. The van der Waals surface area contributed by atoms with Gasteiger partial charge in [0.25, 0.3) is 0 Å². The Morgan fingerprint density at radius 2 is 1.16 bits per heavy atom. The first-order valence-electron chi connectivity index (χ1n) is 20.1. The number of aliphatic imine (C=N–C) groups is 2.